The van der Waals surface area contributed by atoms with Crippen LogP contribution in [0.1, 0.15) is 129 Å². The Morgan fingerprint density at radius 2 is 0.814 bits per heavy atom. The number of carboxylic acid groups (broad SMARTS) is 4. The zero-order chi connectivity index (χ0) is 43.9. The van der Waals surface area contributed by atoms with Crippen LogP contribution in [0.2, 0.25) is 0 Å². The van der Waals surface area contributed by atoms with E-state index in [2.05, 4.69) is 24.5 Å². The summed E-state index contributed by atoms with van der Waals surface area (Å²) in [5, 5.41) is 63.8. The average Bonchev–Trinajstić information content (AvgIpc) is 3.16. The number of aliphatic carboxylic acids is 4. The third-order valence-electron chi connectivity index (χ3n) is 9.89. The van der Waals surface area contributed by atoms with Gasteiger partial charge in [-0.25, -0.2) is 0 Å². The number of hydrogen-bond acceptors (Lipinski definition) is 10. The molecule has 0 aliphatic carbocycles. The van der Waals surface area contributed by atoms with Gasteiger partial charge in [0.15, 0.2) is 0 Å². The summed E-state index contributed by atoms with van der Waals surface area (Å²) in [5.74, 6) is -3.92. The fraction of sp³-hybridized carbons (Fsp3) is 0.762. The van der Waals surface area contributed by atoms with E-state index in [1.807, 2.05) is 24.3 Å². The Labute approximate surface area is 382 Å². The van der Waals surface area contributed by atoms with Crippen LogP contribution in [0.25, 0.3) is 0 Å². The molecule has 2 amide bonds. The van der Waals surface area contributed by atoms with E-state index in [1.165, 1.54) is 0 Å². The summed E-state index contributed by atoms with van der Waals surface area (Å²) in [5.41, 5.74) is 0. The Balaban J connectivity index is -0.00000105. The molecule has 17 heteroatoms. The van der Waals surface area contributed by atoms with Crippen molar-refractivity contribution in [1.82, 2.24) is 10.6 Å². The molecule has 59 heavy (non-hydrogen) atoms. The number of hydrogen-bond donors (Lipinski definition) is 6. The zero-order valence-corrected chi connectivity index (χ0v) is 38.4. The van der Waals surface area contributed by atoms with Crippen molar-refractivity contribution in [2.24, 2.45) is 0 Å². The summed E-state index contributed by atoms with van der Waals surface area (Å²) in [7, 11) is 0. The molecule has 0 spiro atoms. The molecular weight excluding hydrogens is 793 g/mol. The first-order valence-electron chi connectivity index (χ1n) is 21.3. The van der Waals surface area contributed by atoms with E-state index in [-0.39, 0.29) is 88.4 Å². The fourth-order valence-electron chi connectivity index (χ4n) is 6.60. The van der Waals surface area contributed by atoms with Gasteiger partial charge < -0.3 is 59.8 Å². The largest absolute Gasteiger partial charge is 2.00 e. The van der Waals surface area contributed by atoms with E-state index in [4.69, 9.17) is 10.2 Å². The Bertz CT molecular complexity index is 1070. The maximum absolute atomic E-state index is 12.0. The second-order valence-electron chi connectivity index (χ2n) is 14.9. The van der Waals surface area contributed by atoms with Crippen molar-refractivity contribution < 1.29 is 68.4 Å². The van der Waals surface area contributed by atoms with E-state index < -0.39 is 23.9 Å². The second kappa shape index (κ2) is 40.8. The van der Waals surface area contributed by atoms with Gasteiger partial charge in [0, 0.05) is 37.6 Å². The van der Waals surface area contributed by atoms with Crippen molar-refractivity contribution in [3.05, 3.63) is 24.3 Å². The van der Waals surface area contributed by atoms with Crippen LogP contribution in [-0.4, -0.2) is 181 Å². The molecule has 0 fully saturated rings. The number of carbonyl (C=O) groups excluding carboxylic acids is 4. The Morgan fingerprint density at radius 3 is 1.08 bits per heavy atom. The minimum atomic E-state index is -1.07. The van der Waals surface area contributed by atoms with Gasteiger partial charge in [-0.2, -0.15) is 0 Å². The van der Waals surface area contributed by atoms with E-state index >= 15 is 0 Å². The number of carbonyl (C=O) groups is 6. The van der Waals surface area contributed by atoms with Gasteiger partial charge in [0.1, 0.15) is 13.1 Å². The van der Waals surface area contributed by atoms with E-state index in [1.54, 1.807) is 0 Å². The normalized spacial score (nSPS) is 13.1. The fourth-order valence-corrected chi connectivity index (χ4v) is 6.60. The van der Waals surface area contributed by atoms with Crippen molar-refractivity contribution >= 4 is 73.4 Å². The number of quaternary nitrogens is 2. The summed E-state index contributed by atoms with van der Waals surface area (Å²) in [4.78, 5) is 66.7. The Kier molecular flexibility index (Phi) is 42.0. The minimum Gasteiger partial charge on any atom is -0.550 e. The van der Waals surface area contributed by atoms with Crippen LogP contribution in [0.15, 0.2) is 24.3 Å². The SMILES string of the molecule is CCC/C=C/CC(=O)NCC[N+](CCO)(CCCCC(=O)[O-])CCCCC(=O)O.CCC/C=C/CC(=O)NCC[N+](CCO)(CCCCC(=O)[O-])CCCCC(=O)O.[Ca+2]. The quantitative estimate of drug-likeness (QED) is 0.0222. The van der Waals surface area contributed by atoms with Crippen molar-refractivity contribution in [3.63, 3.8) is 0 Å². The molecule has 0 aliphatic heterocycles. The summed E-state index contributed by atoms with van der Waals surface area (Å²) in [6.07, 6.45) is 17.4. The van der Waals surface area contributed by atoms with Crippen LogP contribution < -0.4 is 20.8 Å². The Hall–Kier alpha value is -2.60. The molecule has 0 bridgehead atoms. The van der Waals surface area contributed by atoms with Crippen molar-refractivity contribution in [2.45, 2.75) is 129 Å². The van der Waals surface area contributed by atoms with E-state index in [9.17, 15) is 49.2 Å². The number of aliphatic hydroxyl groups is 2. The molecule has 0 aromatic heterocycles. The van der Waals surface area contributed by atoms with Gasteiger partial charge >= 0.3 is 49.7 Å². The predicted octanol–water partition coefficient (Wildman–Crippen LogP) is 1.29. The maximum Gasteiger partial charge on any atom is 2.00 e. The first kappa shape index (κ1) is 60.7. The molecule has 336 valence electrons. The molecule has 0 heterocycles. The Morgan fingerprint density at radius 1 is 0.492 bits per heavy atom. The number of amides is 2. The van der Waals surface area contributed by atoms with Gasteiger partial charge in [0.25, 0.3) is 0 Å². The summed E-state index contributed by atoms with van der Waals surface area (Å²) < 4.78 is 1.07. The number of nitrogens with one attached hydrogen (secondary N) is 2. The molecule has 0 aliphatic rings. The maximum atomic E-state index is 12.0. The molecule has 6 N–H and O–H groups in total. The molecule has 16 nitrogen and oxygen atoms in total. The van der Waals surface area contributed by atoms with Crippen molar-refractivity contribution in [2.75, 3.05) is 78.7 Å². The van der Waals surface area contributed by atoms with Gasteiger partial charge in [-0.15, -0.1) is 0 Å². The molecule has 0 aromatic rings. The predicted molar refractivity (Wildman–Crippen MR) is 223 cm³/mol. The topological polar surface area (TPSA) is 254 Å². The average molecular weight is 869 g/mol. The van der Waals surface area contributed by atoms with Gasteiger partial charge in [-0.3, -0.25) is 19.2 Å². The van der Waals surface area contributed by atoms with Gasteiger partial charge in [-0.1, -0.05) is 51.0 Å². The molecule has 2 unspecified atom stereocenters. The van der Waals surface area contributed by atoms with E-state index in [0.29, 0.717) is 139 Å². The summed E-state index contributed by atoms with van der Waals surface area (Å²) >= 11 is 0. The van der Waals surface area contributed by atoms with Gasteiger partial charge in [0.2, 0.25) is 11.8 Å². The van der Waals surface area contributed by atoms with Crippen LogP contribution >= 0.6 is 0 Å². The summed E-state index contributed by atoms with van der Waals surface area (Å²) in [6.45, 7) is 9.96. The monoisotopic (exact) mass is 869 g/mol. The number of rotatable bonds is 38. The number of allylic oxidation sites excluding steroid dienone is 2. The van der Waals surface area contributed by atoms with Crippen LogP contribution in [-0.2, 0) is 28.8 Å². The molecule has 0 saturated heterocycles. The van der Waals surface area contributed by atoms with Gasteiger partial charge in [-0.05, 0) is 77.0 Å². The van der Waals surface area contributed by atoms with Crippen LogP contribution in [0, 0.1) is 0 Å². The van der Waals surface area contributed by atoms with Crippen molar-refractivity contribution in [1.29, 1.82) is 0 Å². The first-order valence-corrected chi connectivity index (χ1v) is 21.3. The second-order valence-corrected chi connectivity index (χ2v) is 14.9. The molecule has 0 saturated carbocycles. The van der Waals surface area contributed by atoms with E-state index in [0.717, 1.165) is 25.7 Å². The number of unbranched alkanes of at least 4 members (excludes halogenated alkanes) is 6. The van der Waals surface area contributed by atoms with Crippen LogP contribution in [0.4, 0.5) is 0 Å². The van der Waals surface area contributed by atoms with Crippen molar-refractivity contribution in [3.8, 4) is 0 Å². The number of nitrogens with zero attached hydrogens (tertiary/aromatic N) is 2. The first-order chi connectivity index (χ1) is 27.7. The molecule has 2 atom stereocenters. The smallest absolute Gasteiger partial charge is 0.550 e. The standard InChI is InChI=1S/2C21H38N2O6.Ca/c2*1-2-3-4-5-10-19(25)22-13-16-23(17-18-24,14-8-6-11-20(26)27)15-9-7-12-21(28)29;/h2*4-5,24H,2-3,6-18H2,1H3,(H2-,22,25,26,27,28,29);/q;;+2/b2*5-4+;. The summed E-state index contributed by atoms with van der Waals surface area (Å²) in [6, 6.07) is 0. The van der Waals surface area contributed by atoms with Gasteiger partial charge in [0.05, 0.1) is 65.6 Å². The number of carboxylic acids is 4. The molecule has 0 aromatic carbocycles. The zero-order valence-electron chi connectivity index (χ0n) is 36.2. The van der Waals surface area contributed by atoms with Crippen LogP contribution in [0.5, 0.6) is 0 Å². The molecule has 0 rings (SSSR count). The third kappa shape index (κ3) is 39.3. The molecule has 0 radical (unpaired) electrons. The minimum absolute atomic E-state index is 0. The van der Waals surface area contributed by atoms with Crippen LogP contribution in [0.3, 0.4) is 0 Å². The molecular formula is C42H76CaN4O12+2. The number of aliphatic hydroxyl groups excluding tert-OH is 2. The third-order valence-corrected chi connectivity index (χ3v) is 9.89.